The maximum atomic E-state index is 13.1. The van der Waals surface area contributed by atoms with E-state index in [9.17, 15) is 4.39 Å². The van der Waals surface area contributed by atoms with Gasteiger partial charge in [-0.3, -0.25) is 0 Å². The number of hydrogen-bond acceptors (Lipinski definition) is 2. The molecule has 0 amide bonds. The number of hydrogen-bond donors (Lipinski definition) is 1. The highest BCUT2D eigenvalue weighted by Gasteiger charge is 2.04. The third-order valence-electron chi connectivity index (χ3n) is 2.60. The van der Waals surface area contributed by atoms with Crippen LogP contribution in [0.5, 0.6) is 0 Å². The van der Waals surface area contributed by atoms with E-state index in [1.54, 1.807) is 23.9 Å². The lowest BCUT2D eigenvalue weighted by Crippen LogP contribution is -2.11. The molecule has 0 saturated heterocycles. The van der Waals surface area contributed by atoms with Crippen molar-refractivity contribution in [1.82, 2.24) is 5.32 Å². The summed E-state index contributed by atoms with van der Waals surface area (Å²) in [6.45, 7) is 3.90. The summed E-state index contributed by atoms with van der Waals surface area (Å²) in [5.41, 5.74) is 1.23. The molecule has 100 valence electrons. The minimum atomic E-state index is -0.204. The first-order chi connectivity index (χ1) is 9.19. The van der Waals surface area contributed by atoms with Crippen molar-refractivity contribution >= 4 is 27.7 Å². The SMILES string of the molecule is CCNCc1ccc(Sc2cccc(F)c2)c(Br)c1. The molecule has 4 heteroatoms. The predicted molar refractivity (Wildman–Crippen MR) is 82.0 cm³/mol. The van der Waals surface area contributed by atoms with Gasteiger partial charge >= 0.3 is 0 Å². The fourth-order valence-electron chi connectivity index (χ4n) is 1.66. The Balaban J connectivity index is 2.13. The van der Waals surface area contributed by atoms with Crippen LogP contribution >= 0.6 is 27.7 Å². The third-order valence-corrected chi connectivity index (χ3v) is 4.58. The summed E-state index contributed by atoms with van der Waals surface area (Å²) in [4.78, 5) is 1.99. The van der Waals surface area contributed by atoms with E-state index in [0.29, 0.717) is 0 Å². The molecule has 0 aliphatic heterocycles. The van der Waals surface area contributed by atoms with Gasteiger partial charge in [-0.2, -0.15) is 0 Å². The Morgan fingerprint density at radius 2 is 2.05 bits per heavy atom. The standard InChI is InChI=1S/C15H15BrFNS/c1-2-18-10-11-6-7-15(14(16)8-11)19-13-5-3-4-12(17)9-13/h3-9,18H,2,10H2,1H3. The van der Waals surface area contributed by atoms with Gasteiger partial charge < -0.3 is 5.32 Å². The van der Waals surface area contributed by atoms with Crippen molar-refractivity contribution in [3.63, 3.8) is 0 Å². The highest BCUT2D eigenvalue weighted by atomic mass is 79.9. The van der Waals surface area contributed by atoms with Crippen molar-refractivity contribution < 1.29 is 4.39 Å². The zero-order chi connectivity index (χ0) is 13.7. The largest absolute Gasteiger partial charge is 0.313 e. The van der Waals surface area contributed by atoms with E-state index in [1.807, 2.05) is 6.07 Å². The van der Waals surface area contributed by atoms with Gasteiger partial charge in [0.05, 0.1) is 0 Å². The minimum absolute atomic E-state index is 0.204. The lowest BCUT2D eigenvalue weighted by molar-refractivity contribution is 0.624. The van der Waals surface area contributed by atoms with Gasteiger partial charge in [-0.05, 0) is 58.4 Å². The molecule has 0 saturated carbocycles. The quantitative estimate of drug-likeness (QED) is 0.835. The van der Waals surface area contributed by atoms with Gasteiger partial charge in [-0.25, -0.2) is 4.39 Å². The Morgan fingerprint density at radius 1 is 1.21 bits per heavy atom. The summed E-state index contributed by atoms with van der Waals surface area (Å²) in [6, 6.07) is 12.9. The summed E-state index contributed by atoms with van der Waals surface area (Å²) < 4.78 is 14.2. The second kappa shape index (κ2) is 7.08. The first-order valence-corrected chi connectivity index (χ1v) is 7.72. The van der Waals surface area contributed by atoms with Crippen molar-refractivity contribution in [2.45, 2.75) is 23.3 Å². The minimum Gasteiger partial charge on any atom is -0.313 e. The van der Waals surface area contributed by atoms with Crippen molar-refractivity contribution in [3.05, 3.63) is 58.3 Å². The fourth-order valence-corrected chi connectivity index (χ4v) is 3.20. The molecule has 1 N–H and O–H groups in total. The van der Waals surface area contributed by atoms with Crippen LogP contribution in [0, 0.1) is 5.82 Å². The Bertz CT molecular complexity index is 560. The maximum absolute atomic E-state index is 13.1. The Kier molecular flexibility index (Phi) is 5.43. The van der Waals surface area contributed by atoms with Crippen molar-refractivity contribution in [2.24, 2.45) is 0 Å². The van der Waals surface area contributed by atoms with Crippen molar-refractivity contribution in [2.75, 3.05) is 6.54 Å². The van der Waals surface area contributed by atoms with Crippen LogP contribution in [0.25, 0.3) is 0 Å². The summed E-state index contributed by atoms with van der Waals surface area (Å²) in [7, 11) is 0. The molecule has 19 heavy (non-hydrogen) atoms. The Hall–Kier alpha value is -0.840. The predicted octanol–water partition coefficient (Wildman–Crippen LogP) is 4.85. The van der Waals surface area contributed by atoms with Crippen LogP contribution in [0.1, 0.15) is 12.5 Å². The molecule has 0 aliphatic carbocycles. The number of nitrogens with one attached hydrogen (secondary N) is 1. The molecule has 0 bridgehead atoms. The fraction of sp³-hybridized carbons (Fsp3) is 0.200. The van der Waals surface area contributed by atoms with Crippen LogP contribution in [0.4, 0.5) is 4.39 Å². The molecule has 0 fully saturated rings. The zero-order valence-electron chi connectivity index (χ0n) is 10.6. The molecule has 0 aromatic heterocycles. The average Bonchev–Trinajstić information content (AvgIpc) is 2.39. The molecule has 1 nitrogen and oxygen atoms in total. The highest BCUT2D eigenvalue weighted by molar-refractivity contribution is 9.10. The van der Waals surface area contributed by atoms with Gasteiger partial charge in [0.15, 0.2) is 0 Å². The number of rotatable bonds is 5. The van der Waals surface area contributed by atoms with E-state index in [0.717, 1.165) is 27.4 Å². The highest BCUT2D eigenvalue weighted by Crippen LogP contribution is 2.34. The molecule has 0 radical (unpaired) electrons. The molecule has 0 atom stereocenters. The van der Waals surface area contributed by atoms with Crippen LogP contribution in [0.15, 0.2) is 56.7 Å². The van der Waals surface area contributed by atoms with Crippen LogP contribution < -0.4 is 5.32 Å². The number of benzene rings is 2. The van der Waals surface area contributed by atoms with E-state index in [2.05, 4.69) is 46.4 Å². The van der Waals surface area contributed by atoms with Gasteiger partial charge in [0.25, 0.3) is 0 Å². The molecule has 2 aromatic carbocycles. The third kappa shape index (κ3) is 4.34. The molecule has 2 aromatic rings. The maximum Gasteiger partial charge on any atom is 0.124 e. The molecule has 0 heterocycles. The second-order valence-corrected chi connectivity index (χ2v) is 6.07. The monoisotopic (exact) mass is 339 g/mol. The van der Waals surface area contributed by atoms with E-state index in [1.165, 1.54) is 11.6 Å². The lowest BCUT2D eigenvalue weighted by atomic mass is 10.2. The van der Waals surface area contributed by atoms with Crippen LogP contribution in [0.2, 0.25) is 0 Å². The smallest absolute Gasteiger partial charge is 0.124 e. The molecule has 0 aliphatic rings. The molecular formula is C15H15BrFNS. The van der Waals surface area contributed by atoms with Gasteiger partial charge in [0, 0.05) is 20.8 Å². The number of halogens is 2. The molecule has 0 spiro atoms. The summed E-state index contributed by atoms with van der Waals surface area (Å²) >= 11 is 5.13. The summed E-state index contributed by atoms with van der Waals surface area (Å²) in [6.07, 6.45) is 0. The van der Waals surface area contributed by atoms with Crippen LogP contribution in [-0.4, -0.2) is 6.54 Å². The second-order valence-electron chi connectivity index (χ2n) is 4.10. The van der Waals surface area contributed by atoms with Crippen LogP contribution in [-0.2, 0) is 6.54 Å². The topological polar surface area (TPSA) is 12.0 Å². The van der Waals surface area contributed by atoms with Gasteiger partial charge in [0.2, 0.25) is 0 Å². The van der Waals surface area contributed by atoms with Gasteiger partial charge in [0.1, 0.15) is 5.82 Å². The normalized spacial score (nSPS) is 10.7. The van der Waals surface area contributed by atoms with Crippen molar-refractivity contribution in [1.29, 1.82) is 0 Å². The molecule has 0 unspecified atom stereocenters. The van der Waals surface area contributed by atoms with E-state index in [4.69, 9.17) is 0 Å². The van der Waals surface area contributed by atoms with Crippen LogP contribution in [0.3, 0.4) is 0 Å². The zero-order valence-corrected chi connectivity index (χ0v) is 13.0. The van der Waals surface area contributed by atoms with Crippen molar-refractivity contribution in [3.8, 4) is 0 Å². The Morgan fingerprint density at radius 3 is 2.74 bits per heavy atom. The first kappa shape index (κ1) is 14.6. The lowest BCUT2D eigenvalue weighted by Gasteiger charge is -2.08. The molecular weight excluding hydrogens is 325 g/mol. The first-order valence-electron chi connectivity index (χ1n) is 6.11. The van der Waals surface area contributed by atoms with Gasteiger partial charge in [-0.15, -0.1) is 0 Å². The average molecular weight is 340 g/mol. The van der Waals surface area contributed by atoms with E-state index < -0.39 is 0 Å². The summed E-state index contributed by atoms with van der Waals surface area (Å²) in [5, 5.41) is 3.29. The van der Waals surface area contributed by atoms with Gasteiger partial charge in [-0.1, -0.05) is 30.8 Å². The van der Waals surface area contributed by atoms with E-state index >= 15 is 0 Å². The van der Waals surface area contributed by atoms with E-state index in [-0.39, 0.29) is 5.82 Å². The summed E-state index contributed by atoms with van der Waals surface area (Å²) in [5.74, 6) is -0.204. The Labute approximate surface area is 125 Å². The molecule has 2 rings (SSSR count).